The first kappa shape index (κ1) is 17.5. The van der Waals surface area contributed by atoms with E-state index >= 15 is 0 Å². The molecule has 0 bridgehead atoms. The Labute approximate surface area is 162 Å². The zero-order valence-corrected chi connectivity index (χ0v) is 15.1. The topological polar surface area (TPSA) is 53.6 Å². The second kappa shape index (κ2) is 7.37. The van der Waals surface area contributed by atoms with Crippen LogP contribution in [-0.2, 0) is 6.54 Å². The molecule has 0 radical (unpaired) electrons. The minimum absolute atomic E-state index is 0.281. The molecule has 0 fully saturated rings. The van der Waals surface area contributed by atoms with Crippen LogP contribution in [0.1, 0.15) is 16.7 Å². The fraction of sp³-hybridized carbons (Fsp3) is 0.0435. The SMILES string of the molecule is C=C(NCc1ccccc1C#N)c1cccc2c1cnn2-c1ccc(F)cc1. The van der Waals surface area contributed by atoms with E-state index in [1.807, 2.05) is 36.4 Å². The van der Waals surface area contributed by atoms with Crippen LogP contribution >= 0.6 is 0 Å². The Kier molecular flexibility index (Phi) is 4.61. The monoisotopic (exact) mass is 368 g/mol. The lowest BCUT2D eigenvalue weighted by atomic mass is 10.1. The number of fused-ring (bicyclic) bond motifs is 1. The van der Waals surface area contributed by atoms with Crippen LogP contribution in [0.3, 0.4) is 0 Å². The Balaban J connectivity index is 1.63. The summed E-state index contributed by atoms with van der Waals surface area (Å²) in [6.45, 7) is 4.66. The summed E-state index contributed by atoms with van der Waals surface area (Å²) in [6, 6.07) is 21.8. The average Bonchev–Trinajstić information content (AvgIpc) is 3.17. The number of halogens is 1. The highest BCUT2D eigenvalue weighted by molar-refractivity contribution is 5.91. The number of aromatic nitrogens is 2. The van der Waals surface area contributed by atoms with Gasteiger partial charge in [-0.25, -0.2) is 9.07 Å². The van der Waals surface area contributed by atoms with Gasteiger partial charge in [0.2, 0.25) is 0 Å². The van der Waals surface area contributed by atoms with Gasteiger partial charge in [-0.2, -0.15) is 10.4 Å². The molecule has 1 N–H and O–H groups in total. The largest absolute Gasteiger partial charge is 0.381 e. The van der Waals surface area contributed by atoms with Gasteiger partial charge < -0.3 is 5.32 Å². The lowest BCUT2D eigenvalue weighted by Gasteiger charge is -2.12. The molecule has 4 aromatic rings. The molecule has 4 nitrogen and oxygen atoms in total. The molecule has 5 heteroatoms. The van der Waals surface area contributed by atoms with Crippen LogP contribution < -0.4 is 5.32 Å². The molecule has 1 aromatic heterocycles. The summed E-state index contributed by atoms with van der Waals surface area (Å²) in [5.74, 6) is -0.281. The molecule has 28 heavy (non-hydrogen) atoms. The third-order valence-corrected chi connectivity index (χ3v) is 4.64. The van der Waals surface area contributed by atoms with Crippen molar-refractivity contribution in [1.82, 2.24) is 15.1 Å². The predicted octanol–water partition coefficient (Wildman–Crippen LogP) is 4.80. The molecule has 0 atom stereocenters. The summed E-state index contributed by atoms with van der Waals surface area (Å²) >= 11 is 0. The normalized spacial score (nSPS) is 10.6. The molecular formula is C23H17FN4. The molecule has 1 heterocycles. The van der Waals surface area contributed by atoms with Crippen molar-refractivity contribution < 1.29 is 4.39 Å². The predicted molar refractivity (Wildman–Crippen MR) is 108 cm³/mol. The quantitative estimate of drug-likeness (QED) is 0.551. The van der Waals surface area contributed by atoms with Crippen molar-refractivity contribution >= 4 is 16.6 Å². The van der Waals surface area contributed by atoms with Gasteiger partial charge in [-0.1, -0.05) is 36.9 Å². The van der Waals surface area contributed by atoms with E-state index in [0.717, 1.165) is 33.4 Å². The van der Waals surface area contributed by atoms with Gasteiger partial charge in [0, 0.05) is 23.2 Å². The van der Waals surface area contributed by atoms with Gasteiger partial charge >= 0.3 is 0 Å². The highest BCUT2D eigenvalue weighted by Crippen LogP contribution is 2.25. The third-order valence-electron chi connectivity index (χ3n) is 4.64. The van der Waals surface area contributed by atoms with E-state index in [0.29, 0.717) is 12.1 Å². The van der Waals surface area contributed by atoms with Crippen LogP contribution in [0.15, 0.2) is 79.5 Å². The van der Waals surface area contributed by atoms with Gasteiger partial charge in [-0.05, 0) is 42.0 Å². The highest BCUT2D eigenvalue weighted by Gasteiger charge is 2.11. The molecular weight excluding hydrogens is 351 g/mol. The van der Waals surface area contributed by atoms with Crippen LogP contribution in [0.5, 0.6) is 0 Å². The molecule has 0 amide bonds. The minimum Gasteiger partial charge on any atom is -0.381 e. The van der Waals surface area contributed by atoms with Gasteiger partial charge in [0.1, 0.15) is 5.82 Å². The summed E-state index contributed by atoms with van der Waals surface area (Å²) in [6.07, 6.45) is 1.78. The van der Waals surface area contributed by atoms with E-state index in [4.69, 9.17) is 0 Å². The van der Waals surface area contributed by atoms with Crippen LogP contribution in [-0.4, -0.2) is 9.78 Å². The Hall–Kier alpha value is -3.91. The van der Waals surface area contributed by atoms with Crippen molar-refractivity contribution in [3.63, 3.8) is 0 Å². The molecule has 0 saturated carbocycles. The number of hydrogen-bond donors (Lipinski definition) is 1. The fourth-order valence-electron chi connectivity index (χ4n) is 3.18. The second-order valence-electron chi connectivity index (χ2n) is 6.37. The molecule has 0 unspecified atom stereocenters. The van der Waals surface area contributed by atoms with Crippen LogP contribution in [0, 0.1) is 17.1 Å². The number of rotatable bonds is 5. The van der Waals surface area contributed by atoms with E-state index in [9.17, 15) is 9.65 Å². The first-order chi connectivity index (χ1) is 13.7. The van der Waals surface area contributed by atoms with Crippen molar-refractivity contribution in [3.05, 3.63) is 102 Å². The van der Waals surface area contributed by atoms with Crippen LogP contribution in [0.4, 0.5) is 4.39 Å². The Morgan fingerprint density at radius 3 is 2.64 bits per heavy atom. The number of hydrogen-bond acceptors (Lipinski definition) is 3. The van der Waals surface area contributed by atoms with Gasteiger partial charge in [0.15, 0.2) is 0 Å². The van der Waals surface area contributed by atoms with Gasteiger partial charge in [0.05, 0.1) is 29.0 Å². The molecule has 0 saturated heterocycles. The number of nitriles is 1. The Bertz CT molecular complexity index is 1200. The lowest BCUT2D eigenvalue weighted by molar-refractivity contribution is 0.627. The first-order valence-electron chi connectivity index (χ1n) is 8.81. The van der Waals surface area contributed by atoms with Crippen molar-refractivity contribution in [1.29, 1.82) is 5.26 Å². The summed E-state index contributed by atoms with van der Waals surface area (Å²) in [4.78, 5) is 0. The molecule has 0 aliphatic heterocycles. The van der Waals surface area contributed by atoms with Crippen molar-refractivity contribution in [2.75, 3.05) is 0 Å². The van der Waals surface area contributed by atoms with Crippen molar-refractivity contribution in [2.24, 2.45) is 0 Å². The standard InChI is InChI=1S/C23H17FN4/c1-16(26-14-18-6-3-2-5-17(18)13-25)21-7-4-8-23-22(21)15-27-28(23)20-11-9-19(24)10-12-20/h2-12,15,26H,1,14H2. The summed E-state index contributed by atoms with van der Waals surface area (Å²) < 4.78 is 15.0. The zero-order valence-electron chi connectivity index (χ0n) is 15.1. The number of nitrogens with zero attached hydrogens (tertiary/aromatic N) is 3. The maximum atomic E-state index is 13.2. The first-order valence-corrected chi connectivity index (χ1v) is 8.81. The molecule has 0 aliphatic rings. The number of benzene rings is 3. The second-order valence-corrected chi connectivity index (χ2v) is 6.37. The maximum Gasteiger partial charge on any atom is 0.123 e. The molecule has 0 aliphatic carbocycles. The highest BCUT2D eigenvalue weighted by atomic mass is 19.1. The van der Waals surface area contributed by atoms with Gasteiger partial charge in [0.25, 0.3) is 0 Å². The number of nitrogens with one attached hydrogen (secondary N) is 1. The summed E-state index contributed by atoms with van der Waals surface area (Å²) in [7, 11) is 0. The molecule has 0 spiro atoms. The van der Waals surface area contributed by atoms with Crippen LogP contribution in [0.25, 0.3) is 22.3 Å². The fourth-order valence-corrected chi connectivity index (χ4v) is 3.18. The summed E-state index contributed by atoms with van der Waals surface area (Å²) in [5, 5.41) is 18.0. The van der Waals surface area contributed by atoms with Crippen molar-refractivity contribution in [2.45, 2.75) is 6.54 Å². The van der Waals surface area contributed by atoms with Crippen molar-refractivity contribution in [3.8, 4) is 11.8 Å². The Morgan fingerprint density at radius 2 is 1.86 bits per heavy atom. The average molecular weight is 368 g/mol. The molecule has 4 rings (SSSR count). The van der Waals surface area contributed by atoms with E-state index in [1.54, 1.807) is 29.1 Å². The van der Waals surface area contributed by atoms with E-state index in [2.05, 4.69) is 23.1 Å². The molecule has 3 aromatic carbocycles. The van der Waals surface area contributed by atoms with Crippen LogP contribution in [0.2, 0.25) is 0 Å². The summed E-state index contributed by atoms with van der Waals surface area (Å²) in [5.41, 5.74) is 4.93. The van der Waals surface area contributed by atoms with Gasteiger partial charge in [-0.15, -0.1) is 0 Å². The lowest BCUT2D eigenvalue weighted by Crippen LogP contribution is -2.12. The smallest absolute Gasteiger partial charge is 0.123 e. The zero-order chi connectivity index (χ0) is 19.5. The minimum atomic E-state index is -0.281. The Morgan fingerprint density at radius 1 is 1.07 bits per heavy atom. The van der Waals surface area contributed by atoms with E-state index < -0.39 is 0 Å². The third kappa shape index (κ3) is 3.24. The molecule has 136 valence electrons. The van der Waals surface area contributed by atoms with Gasteiger partial charge in [-0.3, -0.25) is 0 Å². The van der Waals surface area contributed by atoms with E-state index in [-0.39, 0.29) is 5.82 Å². The van der Waals surface area contributed by atoms with E-state index in [1.165, 1.54) is 12.1 Å². The maximum absolute atomic E-state index is 13.2.